The minimum Gasteiger partial charge on any atom is -0.379 e. The first kappa shape index (κ1) is 16.8. The highest BCUT2D eigenvalue weighted by atomic mass is 35.5. The van der Waals surface area contributed by atoms with E-state index in [1.54, 1.807) is 0 Å². The van der Waals surface area contributed by atoms with Crippen LogP contribution in [0.2, 0.25) is 9.49 Å². The highest BCUT2D eigenvalue weighted by molar-refractivity contribution is 7.15. The van der Waals surface area contributed by atoms with Crippen molar-refractivity contribution in [3.63, 3.8) is 0 Å². The van der Waals surface area contributed by atoms with Gasteiger partial charge in [0.1, 0.15) is 5.02 Å². The van der Waals surface area contributed by atoms with Gasteiger partial charge in [-0.05, 0) is 6.07 Å². The van der Waals surface area contributed by atoms with Gasteiger partial charge in [-0.15, -0.1) is 11.3 Å². The Balaban J connectivity index is 2.36. The highest BCUT2D eigenvalue weighted by Crippen LogP contribution is 2.39. The van der Waals surface area contributed by atoms with Crippen LogP contribution in [0.15, 0.2) is 18.3 Å². The molecule has 0 spiro atoms. The van der Waals surface area contributed by atoms with Crippen molar-refractivity contribution in [2.75, 3.05) is 5.32 Å². The van der Waals surface area contributed by atoms with Crippen LogP contribution >= 0.6 is 34.5 Å². The molecule has 0 aliphatic rings. The number of rotatable bonds is 4. The number of hydrogen-bond donors (Lipinski definition) is 1. The Morgan fingerprint density at radius 2 is 2.05 bits per heavy atom. The summed E-state index contributed by atoms with van der Waals surface area (Å²) >= 11 is 12.6. The maximum Gasteiger partial charge on any atom is 0.416 e. The second-order valence-electron chi connectivity index (χ2n) is 4.04. The summed E-state index contributed by atoms with van der Waals surface area (Å²) in [5.41, 5.74) is -2.16. The Labute approximate surface area is 135 Å². The third kappa shape index (κ3) is 3.79. The zero-order valence-electron chi connectivity index (χ0n) is 10.4. The molecular weight excluding hydrogens is 366 g/mol. The van der Waals surface area contributed by atoms with Gasteiger partial charge < -0.3 is 5.32 Å². The second kappa shape index (κ2) is 6.27. The topological polar surface area (TPSA) is 68.1 Å². The standard InChI is InChI=1S/C11H6Cl2F3N3O2S/c12-9-7(17-3-6-4-18-10(13)22-6)1-5(11(14,15)16)2-8(9)19(20)21/h1-2,4,17H,3H2. The van der Waals surface area contributed by atoms with E-state index in [-0.39, 0.29) is 16.7 Å². The van der Waals surface area contributed by atoms with Gasteiger partial charge in [0.05, 0.1) is 22.7 Å². The predicted octanol–water partition coefficient (Wildman–Crippen LogP) is 4.99. The molecule has 0 radical (unpaired) electrons. The van der Waals surface area contributed by atoms with Gasteiger partial charge in [0.15, 0.2) is 4.47 Å². The van der Waals surface area contributed by atoms with E-state index in [9.17, 15) is 23.3 Å². The largest absolute Gasteiger partial charge is 0.416 e. The normalized spacial score (nSPS) is 11.5. The molecule has 1 heterocycles. The molecule has 1 N–H and O–H groups in total. The van der Waals surface area contributed by atoms with E-state index in [2.05, 4.69) is 10.3 Å². The van der Waals surface area contributed by atoms with Crippen molar-refractivity contribution in [3.8, 4) is 0 Å². The van der Waals surface area contributed by atoms with Gasteiger partial charge in [-0.1, -0.05) is 23.2 Å². The van der Waals surface area contributed by atoms with E-state index >= 15 is 0 Å². The van der Waals surface area contributed by atoms with Crippen LogP contribution in [0.1, 0.15) is 10.4 Å². The molecule has 0 aliphatic carbocycles. The number of alkyl halides is 3. The predicted molar refractivity (Wildman–Crippen MR) is 77.6 cm³/mol. The number of nitrogens with zero attached hydrogens (tertiary/aromatic N) is 2. The molecule has 0 bridgehead atoms. The Bertz CT molecular complexity index is 721. The molecule has 1 aromatic carbocycles. The molecule has 0 atom stereocenters. The van der Waals surface area contributed by atoms with Gasteiger partial charge in [0, 0.05) is 17.1 Å². The first-order valence-corrected chi connectivity index (χ1v) is 7.15. The van der Waals surface area contributed by atoms with E-state index in [0.717, 1.165) is 17.4 Å². The quantitative estimate of drug-likeness (QED) is 0.607. The molecule has 5 nitrogen and oxygen atoms in total. The molecular formula is C11H6Cl2F3N3O2S. The summed E-state index contributed by atoms with van der Waals surface area (Å²) in [6.07, 6.45) is -3.28. The number of nitrogens with one attached hydrogen (secondary N) is 1. The number of aromatic nitrogens is 1. The van der Waals surface area contributed by atoms with Crippen LogP contribution in [0.5, 0.6) is 0 Å². The maximum absolute atomic E-state index is 12.8. The van der Waals surface area contributed by atoms with Gasteiger partial charge >= 0.3 is 6.18 Å². The van der Waals surface area contributed by atoms with Crippen LogP contribution in [-0.4, -0.2) is 9.91 Å². The summed E-state index contributed by atoms with van der Waals surface area (Å²) < 4.78 is 38.6. The summed E-state index contributed by atoms with van der Waals surface area (Å²) in [6.45, 7) is 0.0859. The summed E-state index contributed by atoms with van der Waals surface area (Å²) in [6, 6.07) is 1.12. The third-order valence-corrected chi connectivity index (χ3v) is 4.07. The first-order chi connectivity index (χ1) is 10.2. The number of hydrogen-bond acceptors (Lipinski definition) is 5. The molecule has 1 aromatic heterocycles. The third-order valence-electron chi connectivity index (χ3n) is 2.56. The van der Waals surface area contributed by atoms with Crippen molar-refractivity contribution in [1.82, 2.24) is 4.98 Å². The molecule has 0 saturated heterocycles. The Morgan fingerprint density at radius 1 is 1.36 bits per heavy atom. The molecule has 2 rings (SSSR count). The van der Waals surface area contributed by atoms with Crippen molar-refractivity contribution in [1.29, 1.82) is 0 Å². The molecule has 0 amide bonds. The average molecular weight is 372 g/mol. The van der Waals surface area contributed by atoms with Crippen LogP contribution in [-0.2, 0) is 12.7 Å². The first-order valence-electron chi connectivity index (χ1n) is 5.57. The Kier molecular flexibility index (Phi) is 4.78. The Morgan fingerprint density at radius 3 is 2.55 bits per heavy atom. The van der Waals surface area contributed by atoms with E-state index in [1.807, 2.05) is 0 Å². The maximum atomic E-state index is 12.8. The number of nitro groups is 1. The fourth-order valence-electron chi connectivity index (χ4n) is 1.58. The number of nitro benzene ring substituents is 1. The van der Waals surface area contributed by atoms with Crippen LogP contribution in [0.4, 0.5) is 24.5 Å². The number of benzene rings is 1. The van der Waals surface area contributed by atoms with Gasteiger partial charge in [-0.2, -0.15) is 13.2 Å². The minimum absolute atomic E-state index is 0.0859. The minimum atomic E-state index is -4.72. The van der Waals surface area contributed by atoms with Crippen LogP contribution < -0.4 is 5.32 Å². The lowest BCUT2D eigenvalue weighted by molar-refractivity contribution is -0.384. The lowest BCUT2D eigenvalue weighted by Crippen LogP contribution is -2.08. The molecule has 11 heteroatoms. The van der Waals surface area contributed by atoms with Gasteiger partial charge in [-0.25, -0.2) is 4.98 Å². The average Bonchev–Trinajstić information content (AvgIpc) is 2.81. The summed E-state index contributed by atoms with van der Waals surface area (Å²) in [4.78, 5) is 14.3. The fourth-order valence-corrected chi connectivity index (χ4v) is 2.74. The highest BCUT2D eigenvalue weighted by Gasteiger charge is 2.34. The van der Waals surface area contributed by atoms with Crippen LogP contribution in [0.25, 0.3) is 0 Å². The molecule has 0 aliphatic heterocycles. The van der Waals surface area contributed by atoms with E-state index in [0.29, 0.717) is 10.9 Å². The van der Waals surface area contributed by atoms with Crippen LogP contribution in [0.3, 0.4) is 0 Å². The molecule has 0 fully saturated rings. The monoisotopic (exact) mass is 371 g/mol. The lowest BCUT2D eigenvalue weighted by atomic mass is 10.1. The van der Waals surface area contributed by atoms with Crippen molar-refractivity contribution in [2.45, 2.75) is 12.7 Å². The number of halogens is 5. The fraction of sp³-hybridized carbons (Fsp3) is 0.182. The van der Waals surface area contributed by atoms with E-state index in [4.69, 9.17) is 23.2 Å². The lowest BCUT2D eigenvalue weighted by Gasteiger charge is -2.12. The molecule has 0 unspecified atom stereocenters. The molecule has 2 aromatic rings. The summed E-state index contributed by atoms with van der Waals surface area (Å²) in [5.74, 6) is 0. The van der Waals surface area contributed by atoms with Gasteiger partial charge in [-0.3, -0.25) is 10.1 Å². The molecule has 22 heavy (non-hydrogen) atoms. The smallest absolute Gasteiger partial charge is 0.379 e. The number of anilines is 1. The van der Waals surface area contributed by atoms with Crippen molar-refractivity contribution >= 4 is 45.9 Å². The zero-order chi connectivity index (χ0) is 16.5. The molecule has 118 valence electrons. The SMILES string of the molecule is O=[N+]([O-])c1cc(C(F)(F)F)cc(NCc2cnc(Cl)s2)c1Cl. The summed E-state index contributed by atoms with van der Waals surface area (Å²) in [7, 11) is 0. The van der Waals surface area contributed by atoms with Gasteiger partial charge in [0.25, 0.3) is 5.69 Å². The number of thiazole rings is 1. The summed E-state index contributed by atoms with van der Waals surface area (Å²) in [5, 5.41) is 13.1. The Hall–Kier alpha value is -1.58. The van der Waals surface area contributed by atoms with Gasteiger partial charge in [0.2, 0.25) is 0 Å². The molecule has 0 saturated carbocycles. The van der Waals surface area contributed by atoms with Crippen molar-refractivity contribution in [2.24, 2.45) is 0 Å². The van der Waals surface area contributed by atoms with Crippen molar-refractivity contribution in [3.05, 3.63) is 48.4 Å². The van der Waals surface area contributed by atoms with E-state index in [1.165, 1.54) is 6.20 Å². The second-order valence-corrected chi connectivity index (χ2v) is 6.12. The van der Waals surface area contributed by atoms with E-state index < -0.39 is 27.4 Å². The zero-order valence-corrected chi connectivity index (χ0v) is 12.8. The van der Waals surface area contributed by atoms with Crippen molar-refractivity contribution < 1.29 is 18.1 Å². The van der Waals surface area contributed by atoms with Crippen LogP contribution in [0, 0.1) is 10.1 Å².